The molecule has 0 spiro atoms. The van der Waals surface area contributed by atoms with E-state index in [9.17, 15) is 4.79 Å². The lowest BCUT2D eigenvalue weighted by molar-refractivity contribution is -0.129. The number of hydrogen-bond donors (Lipinski definition) is 0. The number of benzene rings is 2. The molecule has 0 saturated carbocycles. The number of halogens is 2. The Morgan fingerprint density at radius 3 is 2.10 bits per heavy atom. The number of carbonyl (C=O) groups is 1. The number of amides is 1. The number of rotatable bonds is 3. The maximum atomic E-state index is 12.1. The molecular formula is C22H22Cl2N4O. The minimum Gasteiger partial charge on any atom is -0.351 e. The topological polar surface area (TPSA) is 49.3 Å². The zero-order chi connectivity index (χ0) is 20.5. The first-order valence-corrected chi connectivity index (χ1v) is 10.5. The number of fused-ring (bicyclic) bond motifs is 1. The van der Waals surface area contributed by atoms with Gasteiger partial charge in [-0.15, -0.1) is 0 Å². The maximum Gasteiger partial charge on any atom is 0.255 e. The van der Waals surface area contributed by atoms with Crippen LogP contribution in [0.25, 0.3) is 22.3 Å². The lowest BCUT2D eigenvalue weighted by Gasteiger charge is -2.36. The predicted molar refractivity (Wildman–Crippen MR) is 119 cm³/mol. The highest BCUT2D eigenvalue weighted by molar-refractivity contribution is 6.53. The van der Waals surface area contributed by atoms with Gasteiger partial charge in [0.2, 0.25) is 0 Å². The van der Waals surface area contributed by atoms with E-state index in [-0.39, 0.29) is 5.91 Å². The number of carbonyl (C=O) groups excluding carboxylic acids is 1. The van der Waals surface area contributed by atoms with Crippen molar-refractivity contribution < 1.29 is 4.79 Å². The van der Waals surface area contributed by atoms with Crippen LogP contribution in [0.2, 0.25) is 0 Å². The molecule has 0 bridgehead atoms. The summed E-state index contributed by atoms with van der Waals surface area (Å²) in [5.41, 5.74) is 6.03. The van der Waals surface area contributed by atoms with Crippen LogP contribution in [-0.2, 0) is 4.79 Å². The fourth-order valence-corrected chi connectivity index (χ4v) is 3.87. The van der Waals surface area contributed by atoms with Crippen LogP contribution in [0.4, 0.5) is 5.82 Å². The fraction of sp³-hybridized carbons (Fsp3) is 0.318. The molecule has 2 aromatic carbocycles. The van der Waals surface area contributed by atoms with Gasteiger partial charge in [0.05, 0.1) is 11.0 Å². The van der Waals surface area contributed by atoms with Gasteiger partial charge in [0, 0.05) is 31.7 Å². The molecule has 29 heavy (non-hydrogen) atoms. The number of aryl methyl sites for hydroxylation is 2. The lowest BCUT2D eigenvalue weighted by Crippen LogP contribution is -2.50. The SMILES string of the molecule is Cc1cc2nc(-c3ccccc3)c(N3CCN(C(=O)C(Cl)Cl)CC3)nc2cc1C. The lowest BCUT2D eigenvalue weighted by atomic mass is 10.1. The normalized spacial score (nSPS) is 14.7. The molecule has 4 rings (SSSR count). The zero-order valence-electron chi connectivity index (χ0n) is 16.4. The highest BCUT2D eigenvalue weighted by Crippen LogP contribution is 2.31. The van der Waals surface area contributed by atoms with Crippen LogP contribution in [0.1, 0.15) is 11.1 Å². The summed E-state index contributed by atoms with van der Waals surface area (Å²) in [7, 11) is 0. The van der Waals surface area contributed by atoms with E-state index in [1.165, 1.54) is 11.1 Å². The van der Waals surface area contributed by atoms with Gasteiger partial charge in [0.15, 0.2) is 10.7 Å². The van der Waals surface area contributed by atoms with Crippen molar-refractivity contribution in [2.45, 2.75) is 18.7 Å². The van der Waals surface area contributed by atoms with E-state index in [2.05, 4.69) is 30.9 Å². The van der Waals surface area contributed by atoms with Crippen molar-refractivity contribution in [2.24, 2.45) is 0 Å². The standard InChI is InChI=1S/C22H22Cl2N4O/c1-14-12-17-18(13-15(14)2)26-21(19(25-17)16-6-4-3-5-7-16)27-8-10-28(11-9-27)22(29)20(23)24/h3-7,12-13,20H,8-11H2,1-2H3. The van der Waals surface area contributed by atoms with E-state index >= 15 is 0 Å². The van der Waals surface area contributed by atoms with Crippen molar-refractivity contribution in [2.75, 3.05) is 31.1 Å². The summed E-state index contributed by atoms with van der Waals surface area (Å²) in [6.07, 6.45) is 0. The Labute approximate surface area is 180 Å². The Hall–Kier alpha value is -2.37. The van der Waals surface area contributed by atoms with Gasteiger partial charge >= 0.3 is 0 Å². The average Bonchev–Trinajstić information content (AvgIpc) is 2.74. The molecule has 3 aromatic rings. The van der Waals surface area contributed by atoms with Gasteiger partial charge in [-0.25, -0.2) is 9.97 Å². The number of alkyl halides is 2. The van der Waals surface area contributed by atoms with Gasteiger partial charge < -0.3 is 9.80 Å². The second-order valence-electron chi connectivity index (χ2n) is 7.30. The molecule has 0 atom stereocenters. The fourth-order valence-electron chi connectivity index (χ4n) is 3.59. The van der Waals surface area contributed by atoms with Crippen LogP contribution >= 0.6 is 23.2 Å². The quantitative estimate of drug-likeness (QED) is 0.581. The van der Waals surface area contributed by atoms with E-state index < -0.39 is 4.84 Å². The molecule has 0 aliphatic carbocycles. The van der Waals surface area contributed by atoms with Crippen LogP contribution < -0.4 is 4.90 Å². The molecule has 0 radical (unpaired) electrons. The van der Waals surface area contributed by atoms with Crippen molar-refractivity contribution >= 4 is 46.0 Å². The van der Waals surface area contributed by atoms with Crippen molar-refractivity contribution in [1.29, 1.82) is 0 Å². The molecular weight excluding hydrogens is 407 g/mol. The Morgan fingerprint density at radius 2 is 1.52 bits per heavy atom. The second-order valence-corrected chi connectivity index (χ2v) is 8.40. The van der Waals surface area contributed by atoms with Crippen LogP contribution in [-0.4, -0.2) is 51.8 Å². The van der Waals surface area contributed by atoms with Crippen molar-refractivity contribution in [1.82, 2.24) is 14.9 Å². The molecule has 1 aromatic heterocycles. The van der Waals surface area contributed by atoms with E-state index in [1.807, 2.05) is 30.3 Å². The Bertz CT molecular complexity index is 1050. The number of nitrogens with zero attached hydrogens (tertiary/aromatic N) is 4. The van der Waals surface area contributed by atoms with Crippen LogP contribution in [0, 0.1) is 13.8 Å². The third kappa shape index (κ3) is 4.02. The van der Waals surface area contributed by atoms with Crippen LogP contribution in [0.5, 0.6) is 0 Å². The second kappa shape index (κ2) is 8.17. The molecule has 1 aliphatic rings. The first-order chi connectivity index (χ1) is 13.9. The Kier molecular flexibility index (Phi) is 5.61. The molecule has 2 heterocycles. The highest BCUT2D eigenvalue weighted by atomic mass is 35.5. The van der Waals surface area contributed by atoms with Crippen molar-refractivity contribution in [3.05, 3.63) is 53.6 Å². The number of aromatic nitrogens is 2. The maximum absolute atomic E-state index is 12.1. The molecule has 150 valence electrons. The summed E-state index contributed by atoms with van der Waals surface area (Å²) >= 11 is 11.5. The van der Waals surface area contributed by atoms with Crippen molar-refractivity contribution in [3.8, 4) is 11.3 Å². The van der Waals surface area contributed by atoms with Gasteiger partial charge in [-0.1, -0.05) is 53.5 Å². The number of piperazine rings is 1. The largest absolute Gasteiger partial charge is 0.351 e. The number of anilines is 1. The van der Waals surface area contributed by atoms with Gasteiger partial charge in [-0.3, -0.25) is 4.79 Å². The first-order valence-electron chi connectivity index (χ1n) is 9.60. The van der Waals surface area contributed by atoms with Gasteiger partial charge in [0.1, 0.15) is 5.69 Å². The molecule has 0 N–H and O–H groups in total. The summed E-state index contributed by atoms with van der Waals surface area (Å²) in [4.78, 5) is 24.9. The minimum atomic E-state index is -1.02. The van der Waals surface area contributed by atoms with Crippen molar-refractivity contribution in [3.63, 3.8) is 0 Å². The summed E-state index contributed by atoms with van der Waals surface area (Å²) in [6, 6.07) is 14.3. The van der Waals surface area contributed by atoms with Gasteiger partial charge in [0.25, 0.3) is 5.91 Å². The first kappa shape index (κ1) is 19.9. The predicted octanol–water partition coefficient (Wildman–Crippen LogP) is 4.37. The summed E-state index contributed by atoms with van der Waals surface area (Å²) < 4.78 is 0. The third-order valence-corrected chi connectivity index (χ3v) is 5.76. The third-order valence-electron chi connectivity index (χ3n) is 5.39. The highest BCUT2D eigenvalue weighted by Gasteiger charge is 2.27. The molecule has 1 fully saturated rings. The molecule has 1 saturated heterocycles. The molecule has 5 nitrogen and oxygen atoms in total. The van der Waals surface area contributed by atoms with E-state index in [0.29, 0.717) is 26.2 Å². The molecule has 0 unspecified atom stereocenters. The zero-order valence-corrected chi connectivity index (χ0v) is 17.9. The Morgan fingerprint density at radius 1 is 0.931 bits per heavy atom. The number of hydrogen-bond acceptors (Lipinski definition) is 4. The minimum absolute atomic E-state index is 0.244. The van der Waals surface area contributed by atoms with Crippen LogP contribution in [0.15, 0.2) is 42.5 Å². The van der Waals surface area contributed by atoms with Crippen LogP contribution in [0.3, 0.4) is 0 Å². The molecule has 1 amide bonds. The molecule has 1 aliphatic heterocycles. The molecule has 7 heteroatoms. The average molecular weight is 429 g/mol. The van der Waals surface area contributed by atoms with E-state index in [0.717, 1.165) is 28.1 Å². The monoisotopic (exact) mass is 428 g/mol. The van der Waals surface area contributed by atoms with E-state index in [4.69, 9.17) is 33.2 Å². The van der Waals surface area contributed by atoms with Gasteiger partial charge in [-0.2, -0.15) is 0 Å². The Balaban J connectivity index is 1.74. The van der Waals surface area contributed by atoms with Gasteiger partial charge in [-0.05, 0) is 37.1 Å². The summed E-state index contributed by atoms with van der Waals surface area (Å²) in [5, 5.41) is 0. The summed E-state index contributed by atoms with van der Waals surface area (Å²) in [5.74, 6) is 0.597. The van der Waals surface area contributed by atoms with E-state index in [1.54, 1.807) is 4.90 Å². The smallest absolute Gasteiger partial charge is 0.255 e. The summed E-state index contributed by atoms with van der Waals surface area (Å²) in [6.45, 7) is 6.57.